The number of nitrogens with one attached hydrogen (secondary N) is 1. The van der Waals surface area contributed by atoms with Crippen LogP contribution in [0.4, 0.5) is 0 Å². The number of hydrogen-bond acceptors (Lipinski definition) is 3. The minimum absolute atomic E-state index is 0.107. The van der Waals surface area contributed by atoms with Gasteiger partial charge < -0.3 is 15.0 Å². The molecule has 1 aliphatic heterocycles. The van der Waals surface area contributed by atoms with Crippen LogP contribution in [0.3, 0.4) is 0 Å². The number of nitrogens with zero attached hydrogens (tertiary/aromatic N) is 1. The molecule has 1 N–H and O–H groups in total. The lowest BCUT2D eigenvalue weighted by Crippen LogP contribution is -2.50. The Morgan fingerprint density at radius 1 is 1.44 bits per heavy atom. The average Bonchev–Trinajstić information content (AvgIpc) is 2.38. The summed E-state index contributed by atoms with van der Waals surface area (Å²) < 4.78 is 5.19. The quantitative estimate of drug-likeness (QED) is 0.832. The van der Waals surface area contributed by atoms with Gasteiger partial charge in [0, 0.05) is 13.1 Å². The maximum absolute atomic E-state index is 12.3. The molecule has 2 amide bonds. The third kappa shape index (κ3) is 2.45. The molecule has 0 radical (unpaired) electrons. The molecule has 0 aromatic heterocycles. The van der Waals surface area contributed by atoms with Gasteiger partial charge in [-0.15, -0.1) is 0 Å². The van der Waals surface area contributed by atoms with E-state index in [0.717, 1.165) is 5.56 Å². The van der Waals surface area contributed by atoms with Crippen molar-refractivity contribution in [1.29, 1.82) is 0 Å². The lowest BCUT2D eigenvalue weighted by atomic mass is 10.1. The topological polar surface area (TPSA) is 58.6 Å². The molecule has 0 aliphatic carbocycles. The summed E-state index contributed by atoms with van der Waals surface area (Å²) in [5, 5.41) is 2.69. The van der Waals surface area contributed by atoms with Crippen LogP contribution >= 0.6 is 0 Å². The van der Waals surface area contributed by atoms with Crippen molar-refractivity contribution in [2.45, 2.75) is 6.92 Å². The number of carbonyl (C=O) groups excluding carboxylic acids is 2. The Morgan fingerprint density at radius 2 is 2.22 bits per heavy atom. The highest BCUT2D eigenvalue weighted by atomic mass is 16.5. The Hall–Kier alpha value is -2.04. The molecule has 1 aromatic rings. The van der Waals surface area contributed by atoms with E-state index in [9.17, 15) is 9.59 Å². The van der Waals surface area contributed by atoms with Crippen LogP contribution in [-0.4, -0.2) is 43.5 Å². The number of ether oxygens (including phenoxy) is 1. The van der Waals surface area contributed by atoms with Crippen LogP contribution in [0.1, 0.15) is 15.9 Å². The van der Waals surface area contributed by atoms with Crippen LogP contribution in [0.5, 0.6) is 5.75 Å². The highest BCUT2D eigenvalue weighted by Gasteiger charge is 2.24. The van der Waals surface area contributed by atoms with Gasteiger partial charge in [-0.1, -0.05) is 11.6 Å². The molecule has 0 unspecified atom stereocenters. The lowest BCUT2D eigenvalue weighted by Gasteiger charge is -2.27. The Balaban J connectivity index is 2.27. The molecule has 0 spiro atoms. The molecule has 1 saturated heterocycles. The van der Waals surface area contributed by atoms with Crippen LogP contribution < -0.4 is 10.1 Å². The third-order valence-electron chi connectivity index (χ3n) is 2.91. The van der Waals surface area contributed by atoms with E-state index in [4.69, 9.17) is 4.74 Å². The molecule has 0 saturated carbocycles. The third-order valence-corrected chi connectivity index (χ3v) is 2.91. The fraction of sp³-hybridized carbons (Fsp3) is 0.385. The minimum Gasteiger partial charge on any atom is -0.496 e. The van der Waals surface area contributed by atoms with Gasteiger partial charge in [0.1, 0.15) is 5.75 Å². The Morgan fingerprint density at radius 3 is 2.89 bits per heavy atom. The summed E-state index contributed by atoms with van der Waals surface area (Å²) >= 11 is 0. The summed E-state index contributed by atoms with van der Waals surface area (Å²) in [5.74, 6) is 0.253. The molecule has 96 valence electrons. The van der Waals surface area contributed by atoms with E-state index in [0.29, 0.717) is 24.4 Å². The van der Waals surface area contributed by atoms with Crippen molar-refractivity contribution in [3.63, 3.8) is 0 Å². The molecule has 2 rings (SSSR count). The summed E-state index contributed by atoms with van der Waals surface area (Å²) in [6.07, 6.45) is 0. The van der Waals surface area contributed by atoms with Gasteiger partial charge in [-0.2, -0.15) is 0 Å². The van der Waals surface area contributed by atoms with Gasteiger partial charge in [-0.05, 0) is 19.1 Å². The molecule has 1 aliphatic rings. The van der Waals surface area contributed by atoms with E-state index < -0.39 is 0 Å². The lowest BCUT2D eigenvalue weighted by molar-refractivity contribution is -0.123. The van der Waals surface area contributed by atoms with Crippen molar-refractivity contribution in [2.75, 3.05) is 26.7 Å². The number of aryl methyl sites for hydroxylation is 1. The van der Waals surface area contributed by atoms with Crippen LogP contribution in [0.15, 0.2) is 18.2 Å². The minimum atomic E-state index is -0.162. The Kier molecular flexibility index (Phi) is 3.50. The van der Waals surface area contributed by atoms with Crippen molar-refractivity contribution >= 4 is 11.8 Å². The summed E-state index contributed by atoms with van der Waals surface area (Å²) in [5.41, 5.74) is 1.49. The molecule has 18 heavy (non-hydrogen) atoms. The van der Waals surface area contributed by atoms with Crippen molar-refractivity contribution in [2.24, 2.45) is 0 Å². The summed E-state index contributed by atoms with van der Waals surface area (Å²) in [4.78, 5) is 25.2. The van der Waals surface area contributed by atoms with E-state index >= 15 is 0 Å². The van der Waals surface area contributed by atoms with Gasteiger partial charge in [-0.3, -0.25) is 9.59 Å². The van der Waals surface area contributed by atoms with Gasteiger partial charge in [0.2, 0.25) is 5.91 Å². The van der Waals surface area contributed by atoms with Crippen molar-refractivity contribution in [3.05, 3.63) is 29.3 Å². The van der Waals surface area contributed by atoms with E-state index in [1.54, 1.807) is 12.1 Å². The zero-order valence-corrected chi connectivity index (χ0v) is 10.5. The molecule has 5 nitrogen and oxygen atoms in total. The van der Waals surface area contributed by atoms with Gasteiger partial charge in [0.15, 0.2) is 0 Å². The first kappa shape index (κ1) is 12.4. The second-order valence-electron chi connectivity index (χ2n) is 4.28. The zero-order chi connectivity index (χ0) is 13.1. The number of rotatable bonds is 2. The van der Waals surface area contributed by atoms with E-state index in [-0.39, 0.29) is 18.4 Å². The normalized spacial score (nSPS) is 15.2. The van der Waals surface area contributed by atoms with Crippen LogP contribution in [-0.2, 0) is 4.79 Å². The van der Waals surface area contributed by atoms with Gasteiger partial charge in [0.25, 0.3) is 5.91 Å². The fourth-order valence-electron chi connectivity index (χ4n) is 1.97. The molecule has 1 heterocycles. The first-order valence-corrected chi connectivity index (χ1v) is 5.82. The van der Waals surface area contributed by atoms with Crippen LogP contribution in [0.2, 0.25) is 0 Å². The molecule has 1 fully saturated rings. The predicted molar refractivity (Wildman–Crippen MR) is 66.6 cm³/mol. The number of benzene rings is 1. The smallest absolute Gasteiger partial charge is 0.258 e. The highest BCUT2D eigenvalue weighted by Crippen LogP contribution is 2.21. The predicted octanol–water partition coefficient (Wildman–Crippen LogP) is 0.576. The molecule has 0 atom stereocenters. The standard InChI is InChI=1S/C13H16N2O3/c1-9-3-4-11(18-2)10(7-9)13(17)15-6-5-14-12(16)8-15/h3-4,7H,5-6,8H2,1-2H3,(H,14,16). The largest absolute Gasteiger partial charge is 0.496 e. The second-order valence-corrected chi connectivity index (χ2v) is 4.28. The van der Waals surface area contributed by atoms with Crippen LogP contribution in [0.25, 0.3) is 0 Å². The molecule has 5 heteroatoms. The number of amides is 2. The maximum atomic E-state index is 12.3. The SMILES string of the molecule is COc1ccc(C)cc1C(=O)N1CCNC(=O)C1. The molecular formula is C13H16N2O3. The Bertz CT molecular complexity index is 485. The number of piperazine rings is 1. The maximum Gasteiger partial charge on any atom is 0.258 e. The zero-order valence-electron chi connectivity index (χ0n) is 10.5. The van der Waals surface area contributed by atoms with Gasteiger partial charge in [-0.25, -0.2) is 0 Å². The van der Waals surface area contributed by atoms with Gasteiger partial charge >= 0.3 is 0 Å². The number of hydrogen-bond donors (Lipinski definition) is 1. The number of carbonyl (C=O) groups is 2. The van der Waals surface area contributed by atoms with E-state index in [2.05, 4.69) is 5.32 Å². The first-order valence-electron chi connectivity index (χ1n) is 5.82. The van der Waals surface area contributed by atoms with E-state index in [1.807, 2.05) is 13.0 Å². The number of methoxy groups -OCH3 is 1. The first-order chi connectivity index (χ1) is 8.61. The molecule has 0 bridgehead atoms. The summed E-state index contributed by atoms with van der Waals surface area (Å²) in [6.45, 7) is 3.05. The monoisotopic (exact) mass is 248 g/mol. The average molecular weight is 248 g/mol. The van der Waals surface area contributed by atoms with Crippen molar-refractivity contribution < 1.29 is 14.3 Å². The molecule has 1 aromatic carbocycles. The summed E-state index contributed by atoms with van der Waals surface area (Å²) in [7, 11) is 1.53. The van der Waals surface area contributed by atoms with E-state index in [1.165, 1.54) is 12.0 Å². The highest BCUT2D eigenvalue weighted by molar-refractivity contribution is 5.99. The van der Waals surface area contributed by atoms with Crippen LogP contribution in [0, 0.1) is 6.92 Å². The van der Waals surface area contributed by atoms with Crippen molar-refractivity contribution in [1.82, 2.24) is 10.2 Å². The Labute approximate surface area is 106 Å². The summed E-state index contributed by atoms with van der Waals surface area (Å²) in [6, 6.07) is 5.44. The van der Waals surface area contributed by atoms with Crippen molar-refractivity contribution in [3.8, 4) is 5.75 Å². The molecular weight excluding hydrogens is 232 g/mol. The second kappa shape index (κ2) is 5.08. The fourth-order valence-corrected chi connectivity index (χ4v) is 1.97. The van der Waals surface area contributed by atoms with Gasteiger partial charge in [0.05, 0.1) is 19.2 Å².